The molecule has 0 amide bonds. The van der Waals surface area contributed by atoms with Crippen LogP contribution in [0.5, 0.6) is 0 Å². The third-order valence-corrected chi connectivity index (χ3v) is 5.06. The summed E-state index contributed by atoms with van der Waals surface area (Å²) in [6.45, 7) is 3.07. The fraction of sp³-hybridized carbons (Fsp3) is 0.625. The summed E-state index contributed by atoms with van der Waals surface area (Å²) >= 11 is 3.50. The summed E-state index contributed by atoms with van der Waals surface area (Å²) in [7, 11) is 0. The Morgan fingerprint density at radius 1 is 1.32 bits per heavy atom. The summed E-state index contributed by atoms with van der Waals surface area (Å²) in [4.78, 5) is 0. The van der Waals surface area contributed by atoms with Crippen LogP contribution in [0.2, 0.25) is 0 Å². The molecule has 3 rings (SSSR count). The van der Waals surface area contributed by atoms with Crippen LogP contribution in [0.25, 0.3) is 0 Å². The van der Waals surface area contributed by atoms with Crippen molar-refractivity contribution in [2.75, 3.05) is 11.9 Å². The number of halogens is 1. The molecule has 0 aromatic heterocycles. The van der Waals surface area contributed by atoms with Gasteiger partial charge in [0.1, 0.15) is 0 Å². The van der Waals surface area contributed by atoms with Crippen molar-refractivity contribution < 1.29 is 4.74 Å². The van der Waals surface area contributed by atoms with Crippen LogP contribution in [0.3, 0.4) is 0 Å². The van der Waals surface area contributed by atoms with Crippen molar-refractivity contribution >= 4 is 21.6 Å². The van der Waals surface area contributed by atoms with E-state index in [1.165, 1.54) is 49.8 Å². The molecular weight excluding hydrogens is 302 g/mol. The van der Waals surface area contributed by atoms with Gasteiger partial charge < -0.3 is 10.1 Å². The van der Waals surface area contributed by atoms with Crippen LogP contribution in [0.4, 0.5) is 5.69 Å². The molecule has 0 radical (unpaired) electrons. The number of anilines is 1. The second-order valence-corrected chi connectivity index (χ2v) is 6.92. The van der Waals surface area contributed by atoms with Crippen LogP contribution in [0.1, 0.15) is 44.1 Å². The summed E-state index contributed by atoms with van der Waals surface area (Å²) in [6.07, 6.45) is 8.13. The molecule has 1 aromatic carbocycles. The molecule has 2 fully saturated rings. The number of hydrogen-bond acceptors (Lipinski definition) is 2. The fourth-order valence-electron chi connectivity index (χ4n) is 3.48. The van der Waals surface area contributed by atoms with Gasteiger partial charge >= 0.3 is 0 Å². The molecule has 1 saturated heterocycles. The normalized spacial score (nSPS) is 25.1. The molecule has 0 bridgehead atoms. The monoisotopic (exact) mass is 323 g/mol. The van der Waals surface area contributed by atoms with Crippen LogP contribution in [-0.4, -0.2) is 18.2 Å². The summed E-state index contributed by atoms with van der Waals surface area (Å²) < 4.78 is 7.46. The fourth-order valence-corrected chi connectivity index (χ4v) is 3.95. The first kappa shape index (κ1) is 13.4. The molecule has 104 valence electrons. The van der Waals surface area contributed by atoms with E-state index in [1.54, 1.807) is 0 Å². The highest BCUT2D eigenvalue weighted by molar-refractivity contribution is 9.10. The van der Waals surface area contributed by atoms with Crippen molar-refractivity contribution in [1.82, 2.24) is 0 Å². The minimum Gasteiger partial charge on any atom is -0.382 e. The Morgan fingerprint density at radius 3 is 2.84 bits per heavy atom. The average Bonchev–Trinajstić information content (AvgIpc) is 2.99. The zero-order chi connectivity index (χ0) is 13.3. The number of benzene rings is 1. The van der Waals surface area contributed by atoms with Gasteiger partial charge in [-0.15, -0.1) is 0 Å². The van der Waals surface area contributed by atoms with Gasteiger partial charge in [0, 0.05) is 16.7 Å². The van der Waals surface area contributed by atoms with Crippen LogP contribution in [0, 0.1) is 6.92 Å². The SMILES string of the molecule is Cc1cc(Br)ccc1NCC1CCC2(CCCC2)O1. The van der Waals surface area contributed by atoms with E-state index in [1.807, 2.05) is 0 Å². The van der Waals surface area contributed by atoms with Crippen molar-refractivity contribution in [1.29, 1.82) is 0 Å². The van der Waals surface area contributed by atoms with E-state index in [-0.39, 0.29) is 5.60 Å². The van der Waals surface area contributed by atoms with E-state index in [9.17, 15) is 0 Å². The van der Waals surface area contributed by atoms with Gasteiger partial charge in [0.25, 0.3) is 0 Å². The van der Waals surface area contributed by atoms with E-state index in [4.69, 9.17) is 4.74 Å². The van der Waals surface area contributed by atoms with Gasteiger partial charge in [-0.25, -0.2) is 0 Å². The Morgan fingerprint density at radius 2 is 2.11 bits per heavy atom. The van der Waals surface area contributed by atoms with Gasteiger partial charge in [0.05, 0.1) is 11.7 Å². The van der Waals surface area contributed by atoms with Crippen LogP contribution in [0.15, 0.2) is 22.7 Å². The number of nitrogens with one attached hydrogen (secondary N) is 1. The van der Waals surface area contributed by atoms with Gasteiger partial charge in [0.2, 0.25) is 0 Å². The molecule has 1 aliphatic heterocycles. The first-order valence-corrected chi connectivity index (χ1v) is 8.14. The first-order chi connectivity index (χ1) is 9.17. The lowest BCUT2D eigenvalue weighted by molar-refractivity contribution is -0.0307. The molecule has 1 atom stereocenters. The van der Waals surface area contributed by atoms with Crippen molar-refractivity contribution in [3.8, 4) is 0 Å². The van der Waals surface area contributed by atoms with Crippen LogP contribution >= 0.6 is 15.9 Å². The van der Waals surface area contributed by atoms with E-state index in [0.717, 1.165) is 11.0 Å². The topological polar surface area (TPSA) is 21.3 Å². The van der Waals surface area contributed by atoms with E-state index < -0.39 is 0 Å². The lowest BCUT2D eigenvalue weighted by Crippen LogP contribution is -2.28. The van der Waals surface area contributed by atoms with E-state index in [2.05, 4.69) is 46.4 Å². The third-order valence-electron chi connectivity index (χ3n) is 4.56. The standard InChI is InChI=1S/C16H22BrNO/c1-12-10-13(17)4-5-15(12)18-11-14-6-9-16(19-14)7-2-3-8-16/h4-5,10,14,18H,2-3,6-9,11H2,1H3. The smallest absolute Gasteiger partial charge is 0.0756 e. The predicted molar refractivity (Wildman–Crippen MR) is 82.7 cm³/mol. The second kappa shape index (κ2) is 5.45. The molecule has 3 heteroatoms. The highest BCUT2D eigenvalue weighted by Crippen LogP contribution is 2.43. The Bertz CT molecular complexity index is 454. The zero-order valence-corrected chi connectivity index (χ0v) is 13.1. The predicted octanol–water partition coefficient (Wildman–Crippen LogP) is 4.66. The van der Waals surface area contributed by atoms with Crippen LogP contribution in [-0.2, 0) is 4.74 Å². The maximum Gasteiger partial charge on any atom is 0.0756 e. The zero-order valence-electron chi connectivity index (χ0n) is 11.5. The molecule has 2 aliphatic rings. The van der Waals surface area contributed by atoms with Crippen LogP contribution < -0.4 is 5.32 Å². The highest BCUT2D eigenvalue weighted by atomic mass is 79.9. The molecule has 1 aliphatic carbocycles. The molecule has 1 aromatic rings. The second-order valence-electron chi connectivity index (χ2n) is 6.01. The van der Waals surface area contributed by atoms with Gasteiger partial charge in [-0.2, -0.15) is 0 Å². The number of hydrogen-bond donors (Lipinski definition) is 1. The lowest BCUT2D eigenvalue weighted by atomic mass is 9.98. The summed E-state index contributed by atoms with van der Waals surface area (Å²) in [5, 5.41) is 3.54. The minimum atomic E-state index is 0.251. The number of ether oxygens (including phenoxy) is 1. The molecular formula is C16H22BrNO. The largest absolute Gasteiger partial charge is 0.382 e. The third kappa shape index (κ3) is 2.97. The Balaban J connectivity index is 1.55. The Labute approximate surface area is 124 Å². The van der Waals surface area contributed by atoms with Gasteiger partial charge in [-0.3, -0.25) is 0 Å². The number of rotatable bonds is 3. The summed E-state index contributed by atoms with van der Waals surface area (Å²) in [6, 6.07) is 6.37. The molecule has 2 nitrogen and oxygen atoms in total. The highest BCUT2D eigenvalue weighted by Gasteiger charge is 2.41. The molecule has 1 saturated carbocycles. The lowest BCUT2D eigenvalue weighted by Gasteiger charge is -2.24. The maximum atomic E-state index is 6.32. The van der Waals surface area contributed by atoms with Gasteiger partial charge in [-0.1, -0.05) is 28.8 Å². The van der Waals surface area contributed by atoms with Crippen molar-refractivity contribution in [3.05, 3.63) is 28.2 Å². The van der Waals surface area contributed by atoms with Gasteiger partial charge in [0.15, 0.2) is 0 Å². The minimum absolute atomic E-state index is 0.251. The van der Waals surface area contributed by atoms with Crippen molar-refractivity contribution in [2.24, 2.45) is 0 Å². The first-order valence-electron chi connectivity index (χ1n) is 7.35. The van der Waals surface area contributed by atoms with Gasteiger partial charge in [-0.05, 0) is 56.4 Å². The summed E-state index contributed by atoms with van der Waals surface area (Å²) in [5.74, 6) is 0. The molecule has 1 unspecified atom stereocenters. The molecule has 1 heterocycles. The Kier molecular flexibility index (Phi) is 3.86. The quantitative estimate of drug-likeness (QED) is 0.873. The maximum absolute atomic E-state index is 6.32. The molecule has 1 spiro atoms. The van der Waals surface area contributed by atoms with E-state index >= 15 is 0 Å². The van der Waals surface area contributed by atoms with E-state index in [0.29, 0.717) is 6.10 Å². The number of aryl methyl sites for hydroxylation is 1. The molecule has 1 N–H and O–H groups in total. The van der Waals surface area contributed by atoms with Crippen molar-refractivity contribution in [3.63, 3.8) is 0 Å². The average molecular weight is 324 g/mol. The summed E-state index contributed by atoms with van der Waals surface area (Å²) in [5.41, 5.74) is 2.75. The van der Waals surface area contributed by atoms with Crippen molar-refractivity contribution in [2.45, 2.75) is 57.2 Å². The molecule has 19 heavy (non-hydrogen) atoms. The Hall–Kier alpha value is -0.540.